The highest BCUT2D eigenvalue weighted by Gasteiger charge is 2.41. The van der Waals surface area contributed by atoms with E-state index in [1.807, 2.05) is 17.0 Å². The average Bonchev–Trinajstić information content (AvgIpc) is 2.80. The minimum atomic E-state index is -0.151. The molecule has 21 heavy (non-hydrogen) atoms. The number of ether oxygens (including phenoxy) is 1. The van der Waals surface area contributed by atoms with Crippen molar-refractivity contribution in [1.29, 1.82) is 0 Å². The van der Waals surface area contributed by atoms with Crippen LogP contribution in [0.2, 0.25) is 0 Å². The lowest BCUT2D eigenvalue weighted by Gasteiger charge is -2.42. The molecule has 2 fully saturated rings. The molecule has 2 aliphatic heterocycles. The Kier molecular flexibility index (Phi) is 3.76. The number of amides is 1. The van der Waals surface area contributed by atoms with Gasteiger partial charge >= 0.3 is 0 Å². The summed E-state index contributed by atoms with van der Waals surface area (Å²) in [5, 5.41) is 3.37. The molecule has 2 heterocycles. The number of benzene rings is 1. The standard InChI is InChI=1S/C17H24N2O2/c1-12-6-4-5-7-14(12)16-18-11-15(20)19(16)13-8-9-21-17(2,3)10-13/h4-7,13,16,18H,8-11H2,1-3H3. The van der Waals surface area contributed by atoms with E-state index >= 15 is 0 Å². The van der Waals surface area contributed by atoms with Crippen LogP contribution in [0.5, 0.6) is 0 Å². The van der Waals surface area contributed by atoms with Gasteiger partial charge in [0.2, 0.25) is 5.91 Å². The third kappa shape index (κ3) is 2.83. The predicted molar refractivity (Wildman–Crippen MR) is 81.8 cm³/mol. The molecule has 4 heteroatoms. The van der Waals surface area contributed by atoms with Crippen LogP contribution >= 0.6 is 0 Å². The van der Waals surface area contributed by atoms with Crippen molar-refractivity contribution in [3.05, 3.63) is 35.4 Å². The summed E-state index contributed by atoms with van der Waals surface area (Å²) in [7, 11) is 0. The van der Waals surface area contributed by atoms with Crippen molar-refractivity contribution in [3.63, 3.8) is 0 Å². The van der Waals surface area contributed by atoms with Gasteiger partial charge in [-0.1, -0.05) is 24.3 Å². The predicted octanol–water partition coefficient (Wildman–Crippen LogP) is 2.38. The quantitative estimate of drug-likeness (QED) is 0.908. The maximum Gasteiger partial charge on any atom is 0.238 e. The molecule has 0 bridgehead atoms. The molecule has 2 unspecified atom stereocenters. The molecule has 0 radical (unpaired) electrons. The Labute approximate surface area is 126 Å². The lowest BCUT2D eigenvalue weighted by atomic mass is 9.92. The number of nitrogens with one attached hydrogen (secondary N) is 1. The topological polar surface area (TPSA) is 41.6 Å². The summed E-state index contributed by atoms with van der Waals surface area (Å²) in [6, 6.07) is 8.55. The fraction of sp³-hybridized carbons (Fsp3) is 0.588. The number of hydrogen-bond donors (Lipinski definition) is 1. The van der Waals surface area contributed by atoms with Crippen LogP contribution in [0.15, 0.2) is 24.3 Å². The van der Waals surface area contributed by atoms with E-state index in [-0.39, 0.29) is 23.7 Å². The van der Waals surface area contributed by atoms with Crippen molar-refractivity contribution < 1.29 is 9.53 Å². The van der Waals surface area contributed by atoms with Gasteiger partial charge in [-0.2, -0.15) is 0 Å². The Morgan fingerprint density at radius 3 is 2.81 bits per heavy atom. The molecule has 114 valence electrons. The van der Waals surface area contributed by atoms with Crippen LogP contribution in [0, 0.1) is 6.92 Å². The van der Waals surface area contributed by atoms with Crippen molar-refractivity contribution in [2.75, 3.05) is 13.2 Å². The van der Waals surface area contributed by atoms with Crippen molar-refractivity contribution in [2.45, 2.75) is 51.4 Å². The molecular formula is C17H24N2O2. The molecule has 1 aromatic carbocycles. The van der Waals surface area contributed by atoms with Crippen LogP contribution in [-0.2, 0) is 9.53 Å². The highest BCUT2D eigenvalue weighted by Crippen LogP contribution is 2.34. The number of aryl methyl sites for hydroxylation is 1. The Balaban J connectivity index is 1.88. The van der Waals surface area contributed by atoms with Crippen LogP contribution in [0.25, 0.3) is 0 Å². The first-order valence-corrected chi connectivity index (χ1v) is 7.72. The number of hydrogen-bond acceptors (Lipinski definition) is 3. The maximum atomic E-state index is 12.4. The van der Waals surface area contributed by atoms with Crippen LogP contribution < -0.4 is 5.32 Å². The summed E-state index contributed by atoms with van der Waals surface area (Å²) >= 11 is 0. The van der Waals surface area contributed by atoms with E-state index < -0.39 is 0 Å². The highest BCUT2D eigenvalue weighted by atomic mass is 16.5. The highest BCUT2D eigenvalue weighted by molar-refractivity contribution is 5.81. The van der Waals surface area contributed by atoms with Gasteiger partial charge in [-0.3, -0.25) is 10.1 Å². The first-order chi connectivity index (χ1) is 9.98. The Morgan fingerprint density at radius 1 is 1.33 bits per heavy atom. The molecule has 2 atom stereocenters. The molecule has 0 aromatic heterocycles. The normalized spacial score (nSPS) is 28.9. The fourth-order valence-electron chi connectivity index (χ4n) is 3.52. The Bertz CT molecular complexity index is 541. The first-order valence-electron chi connectivity index (χ1n) is 7.72. The van der Waals surface area contributed by atoms with E-state index in [1.54, 1.807) is 0 Å². The molecule has 4 nitrogen and oxygen atoms in total. The minimum absolute atomic E-state index is 0.00222. The van der Waals surface area contributed by atoms with Crippen molar-refractivity contribution in [1.82, 2.24) is 10.2 Å². The van der Waals surface area contributed by atoms with Crippen molar-refractivity contribution >= 4 is 5.91 Å². The Hall–Kier alpha value is -1.39. The zero-order valence-electron chi connectivity index (χ0n) is 13.1. The molecule has 2 aliphatic rings. The van der Waals surface area contributed by atoms with E-state index in [0.717, 1.165) is 19.4 Å². The second-order valence-corrected chi connectivity index (χ2v) is 6.70. The number of carbonyl (C=O) groups is 1. The zero-order chi connectivity index (χ0) is 15.0. The number of carbonyl (C=O) groups excluding carboxylic acids is 1. The number of rotatable bonds is 2. The molecule has 1 N–H and O–H groups in total. The van der Waals surface area contributed by atoms with E-state index in [4.69, 9.17) is 4.74 Å². The smallest absolute Gasteiger partial charge is 0.238 e. The molecule has 0 saturated carbocycles. The van der Waals surface area contributed by atoms with E-state index in [9.17, 15) is 4.79 Å². The summed E-state index contributed by atoms with van der Waals surface area (Å²) in [5.41, 5.74) is 2.27. The van der Waals surface area contributed by atoms with Gasteiger partial charge in [-0.15, -0.1) is 0 Å². The monoisotopic (exact) mass is 288 g/mol. The Morgan fingerprint density at radius 2 is 2.10 bits per heavy atom. The molecular weight excluding hydrogens is 264 g/mol. The first kappa shape index (κ1) is 14.5. The molecule has 0 aliphatic carbocycles. The van der Waals surface area contributed by atoms with Gasteiger partial charge < -0.3 is 9.64 Å². The SMILES string of the molecule is Cc1ccccc1C1NCC(=O)N1C1CCOC(C)(C)C1. The fourth-order valence-corrected chi connectivity index (χ4v) is 3.52. The van der Waals surface area contributed by atoms with Crippen LogP contribution in [0.4, 0.5) is 0 Å². The maximum absolute atomic E-state index is 12.4. The second-order valence-electron chi connectivity index (χ2n) is 6.70. The molecule has 3 rings (SSSR count). The lowest BCUT2D eigenvalue weighted by molar-refractivity contribution is -0.137. The minimum Gasteiger partial charge on any atom is -0.375 e. The van der Waals surface area contributed by atoms with Gasteiger partial charge in [0, 0.05) is 12.6 Å². The lowest BCUT2D eigenvalue weighted by Crippen LogP contribution is -2.48. The average molecular weight is 288 g/mol. The van der Waals surface area contributed by atoms with Gasteiger partial charge in [0.05, 0.1) is 12.1 Å². The summed E-state index contributed by atoms with van der Waals surface area (Å²) in [6.45, 7) is 7.47. The molecule has 1 aromatic rings. The summed E-state index contributed by atoms with van der Waals surface area (Å²) < 4.78 is 5.80. The van der Waals surface area contributed by atoms with Crippen LogP contribution in [0.1, 0.15) is 44.0 Å². The largest absolute Gasteiger partial charge is 0.375 e. The van der Waals surface area contributed by atoms with Crippen molar-refractivity contribution in [2.24, 2.45) is 0 Å². The van der Waals surface area contributed by atoms with E-state index in [1.165, 1.54) is 11.1 Å². The van der Waals surface area contributed by atoms with Crippen molar-refractivity contribution in [3.8, 4) is 0 Å². The third-order valence-electron chi connectivity index (χ3n) is 4.56. The van der Waals surface area contributed by atoms with Gasteiger partial charge in [-0.05, 0) is 44.7 Å². The third-order valence-corrected chi connectivity index (χ3v) is 4.56. The molecule has 2 saturated heterocycles. The van der Waals surface area contributed by atoms with Gasteiger partial charge in [0.25, 0.3) is 0 Å². The summed E-state index contributed by atoms with van der Waals surface area (Å²) in [6.07, 6.45) is 1.81. The zero-order valence-corrected chi connectivity index (χ0v) is 13.1. The van der Waals surface area contributed by atoms with Gasteiger partial charge in [-0.25, -0.2) is 0 Å². The van der Waals surface area contributed by atoms with E-state index in [0.29, 0.717) is 6.54 Å². The summed E-state index contributed by atoms with van der Waals surface area (Å²) in [4.78, 5) is 14.5. The summed E-state index contributed by atoms with van der Waals surface area (Å²) in [5.74, 6) is 0.200. The van der Waals surface area contributed by atoms with E-state index in [2.05, 4.69) is 38.2 Å². The van der Waals surface area contributed by atoms with Crippen LogP contribution in [0.3, 0.4) is 0 Å². The second kappa shape index (κ2) is 5.43. The van der Waals surface area contributed by atoms with Gasteiger partial charge in [0.15, 0.2) is 0 Å². The number of nitrogens with zero attached hydrogens (tertiary/aromatic N) is 1. The molecule has 0 spiro atoms. The van der Waals surface area contributed by atoms with Crippen LogP contribution in [-0.4, -0.2) is 35.6 Å². The molecule has 1 amide bonds. The van der Waals surface area contributed by atoms with Gasteiger partial charge in [0.1, 0.15) is 6.17 Å².